The van der Waals surface area contributed by atoms with Gasteiger partial charge in [-0.05, 0) is 99.8 Å². The summed E-state index contributed by atoms with van der Waals surface area (Å²) in [7, 11) is -3.99. The molecule has 0 saturated heterocycles. The van der Waals surface area contributed by atoms with Crippen molar-refractivity contribution >= 4 is 28.1 Å². The molecule has 1 aromatic carbocycles. The number of hydrogen-bond acceptors (Lipinski definition) is 9. The van der Waals surface area contributed by atoms with Crippen molar-refractivity contribution in [2.24, 2.45) is 5.92 Å². The second-order valence-corrected chi connectivity index (χ2v) is 13.7. The number of amides is 1. The van der Waals surface area contributed by atoms with Crippen LogP contribution in [0, 0.1) is 12.8 Å². The molecule has 0 aromatic heterocycles. The fraction of sp³-hybridized carbons (Fsp3) is 0.621. The Bertz CT molecular complexity index is 1130. The van der Waals surface area contributed by atoms with E-state index in [9.17, 15) is 22.8 Å². The van der Waals surface area contributed by atoms with Crippen molar-refractivity contribution in [1.82, 2.24) is 5.32 Å². The lowest BCUT2D eigenvalue weighted by atomic mass is 9.94. The molecule has 0 bridgehead atoms. The number of ether oxygens (including phenoxy) is 3. The molecule has 1 amide bonds. The molecule has 0 spiro atoms. The fourth-order valence-corrected chi connectivity index (χ4v) is 4.25. The zero-order chi connectivity index (χ0) is 30.9. The molecule has 226 valence electrons. The number of carbonyl (C=O) groups excluding carboxylic acids is 3. The highest BCUT2D eigenvalue weighted by molar-refractivity contribution is 7.86. The Kier molecular flexibility index (Phi) is 12.4. The van der Waals surface area contributed by atoms with Crippen LogP contribution in [0.5, 0.6) is 0 Å². The standard InChI is InChI=1S/C29H45NO9S/c1-11-29(9,10)38-25(32)23(30-26(33)39-28(6,7)8)19-21(24(31)37-27(3,4)5)13-12-18-36-40(34,35)22-16-14-20(2)15-17-22/h11,14-17,21,23H,1,12-13,18-19H2,2-10H3,(H,30,33). The lowest BCUT2D eigenvalue weighted by Crippen LogP contribution is -2.48. The van der Waals surface area contributed by atoms with Gasteiger partial charge in [-0.2, -0.15) is 8.42 Å². The van der Waals surface area contributed by atoms with Crippen LogP contribution in [-0.4, -0.2) is 55.9 Å². The molecular weight excluding hydrogens is 538 g/mol. The van der Waals surface area contributed by atoms with E-state index in [4.69, 9.17) is 18.4 Å². The summed E-state index contributed by atoms with van der Waals surface area (Å²) in [6.07, 6.45) is 0.670. The van der Waals surface area contributed by atoms with Gasteiger partial charge in [0.25, 0.3) is 10.1 Å². The average Bonchev–Trinajstić information content (AvgIpc) is 2.77. The molecule has 0 aliphatic heterocycles. The molecule has 1 aromatic rings. The van der Waals surface area contributed by atoms with Crippen LogP contribution in [0.4, 0.5) is 4.79 Å². The summed E-state index contributed by atoms with van der Waals surface area (Å²) in [4.78, 5) is 38.8. The average molecular weight is 584 g/mol. The van der Waals surface area contributed by atoms with Gasteiger partial charge in [-0.1, -0.05) is 24.3 Å². The molecule has 0 aliphatic rings. The summed E-state index contributed by atoms with van der Waals surface area (Å²) >= 11 is 0. The van der Waals surface area contributed by atoms with Crippen molar-refractivity contribution in [3.63, 3.8) is 0 Å². The van der Waals surface area contributed by atoms with E-state index in [1.807, 2.05) is 6.92 Å². The van der Waals surface area contributed by atoms with Gasteiger partial charge in [0.2, 0.25) is 0 Å². The zero-order valence-electron chi connectivity index (χ0n) is 25.2. The van der Waals surface area contributed by atoms with E-state index in [2.05, 4.69) is 11.9 Å². The Labute approximate surface area is 238 Å². The monoisotopic (exact) mass is 583 g/mol. The number of esters is 2. The molecule has 0 heterocycles. The highest BCUT2D eigenvalue weighted by atomic mass is 32.2. The maximum absolute atomic E-state index is 13.1. The van der Waals surface area contributed by atoms with Crippen molar-refractivity contribution in [2.45, 2.75) is 109 Å². The number of aryl methyl sites for hydroxylation is 1. The highest BCUT2D eigenvalue weighted by Gasteiger charge is 2.35. The maximum Gasteiger partial charge on any atom is 0.408 e. The minimum atomic E-state index is -3.99. The summed E-state index contributed by atoms with van der Waals surface area (Å²) in [6, 6.07) is 4.98. The minimum Gasteiger partial charge on any atom is -0.460 e. The van der Waals surface area contributed by atoms with E-state index in [1.165, 1.54) is 18.2 Å². The Morgan fingerprint density at radius 3 is 1.95 bits per heavy atom. The van der Waals surface area contributed by atoms with Gasteiger partial charge in [-0.3, -0.25) is 8.98 Å². The maximum atomic E-state index is 13.1. The number of carbonyl (C=O) groups is 3. The van der Waals surface area contributed by atoms with Gasteiger partial charge in [0.1, 0.15) is 22.8 Å². The van der Waals surface area contributed by atoms with E-state index in [0.29, 0.717) is 0 Å². The Morgan fingerprint density at radius 2 is 1.45 bits per heavy atom. The molecule has 10 nitrogen and oxygen atoms in total. The molecule has 0 fully saturated rings. The summed E-state index contributed by atoms with van der Waals surface area (Å²) < 4.78 is 46.6. The molecule has 1 N–H and O–H groups in total. The summed E-state index contributed by atoms with van der Waals surface area (Å²) in [5, 5.41) is 2.50. The first-order valence-electron chi connectivity index (χ1n) is 13.2. The second kappa shape index (κ2) is 14.1. The highest BCUT2D eigenvalue weighted by Crippen LogP contribution is 2.23. The first kappa shape index (κ1) is 35.1. The summed E-state index contributed by atoms with van der Waals surface area (Å²) in [5.41, 5.74) is -1.78. The Hall–Kier alpha value is -2.92. The Balaban J connectivity index is 3.11. The van der Waals surface area contributed by atoms with Crippen molar-refractivity contribution in [3.05, 3.63) is 42.5 Å². The van der Waals surface area contributed by atoms with E-state index in [0.717, 1.165) is 5.56 Å². The summed E-state index contributed by atoms with van der Waals surface area (Å²) in [5.74, 6) is -2.30. The number of alkyl carbamates (subject to hydrolysis) is 1. The first-order chi connectivity index (χ1) is 18.1. The van der Waals surface area contributed by atoms with Crippen LogP contribution in [0.25, 0.3) is 0 Å². The van der Waals surface area contributed by atoms with Crippen LogP contribution >= 0.6 is 0 Å². The van der Waals surface area contributed by atoms with Gasteiger partial charge >= 0.3 is 18.0 Å². The third-order valence-electron chi connectivity index (χ3n) is 5.34. The lowest BCUT2D eigenvalue weighted by molar-refractivity contribution is -0.162. The minimum absolute atomic E-state index is 0.0241. The van der Waals surface area contributed by atoms with Gasteiger partial charge in [-0.15, -0.1) is 0 Å². The molecule has 11 heteroatoms. The van der Waals surface area contributed by atoms with Crippen LogP contribution in [0.2, 0.25) is 0 Å². The van der Waals surface area contributed by atoms with Crippen molar-refractivity contribution < 1.29 is 41.2 Å². The predicted octanol–water partition coefficient (Wildman–Crippen LogP) is 5.23. The largest absolute Gasteiger partial charge is 0.460 e. The van der Waals surface area contributed by atoms with Gasteiger partial charge in [-0.25, -0.2) is 9.59 Å². The normalized spacial score (nSPS) is 14.0. The fourth-order valence-electron chi connectivity index (χ4n) is 3.31. The molecule has 0 aliphatic carbocycles. The lowest BCUT2D eigenvalue weighted by Gasteiger charge is -2.29. The smallest absolute Gasteiger partial charge is 0.408 e. The van der Waals surface area contributed by atoms with E-state index in [1.54, 1.807) is 67.5 Å². The van der Waals surface area contributed by atoms with Crippen LogP contribution in [0.1, 0.15) is 80.2 Å². The Morgan fingerprint density at radius 1 is 0.900 bits per heavy atom. The number of benzene rings is 1. The number of hydrogen-bond donors (Lipinski definition) is 1. The molecule has 2 unspecified atom stereocenters. The number of rotatable bonds is 13. The van der Waals surface area contributed by atoms with Crippen molar-refractivity contribution in [1.29, 1.82) is 0 Å². The van der Waals surface area contributed by atoms with Crippen molar-refractivity contribution in [3.8, 4) is 0 Å². The topological polar surface area (TPSA) is 134 Å². The third kappa shape index (κ3) is 13.4. The van der Waals surface area contributed by atoms with Gasteiger partial charge in [0, 0.05) is 0 Å². The predicted molar refractivity (Wildman–Crippen MR) is 151 cm³/mol. The van der Waals surface area contributed by atoms with E-state index in [-0.39, 0.29) is 30.8 Å². The van der Waals surface area contributed by atoms with E-state index >= 15 is 0 Å². The first-order valence-corrected chi connectivity index (χ1v) is 14.6. The second-order valence-electron chi connectivity index (χ2n) is 12.1. The molecule has 0 saturated carbocycles. The molecular formula is C29H45NO9S. The van der Waals surface area contributed by atoms with Gasteiger partial charge in [0.15, 0.2) is 0 Å². The van der Waals surface area contributed by atoms with Crippen LogP contribution in [-0.2, 0) is 38.1 Å². The van der Waals surface area contributed by atoms with Gasteiger partial charge in [0.05, 0.1) is 17.4 Å². The van der Waals surface area contributed by atoms with Crippen LogP contribution in [0.15, 0.2) is 41.8 Å². The molecule has 2 atom stereocenters. The van der Waals surface area contributed by atoms with E-state index < -0.39 is 56.9 Å². The molecule has 40 heavy (non-hydrogen) atoms. The van der Waals surface area contributed by atoms with Crippen LogP contribution in [0.3, 0.4) is 0 Å². The molecule has 0 radical (unpaired) electrons. The van der Waals surface area contributed by atoms with Gasteiger partial charge < -0.3 is 19.5 Å². The number of nitrogens with one attached hydrogen (secondary N) is 1. The quantitative estimate of drug-likeness (QED) is 0.109. The SMILES string of the molecule is C=CC(C)(C)OC(=O)C(CC(CCCOS(=O)(=O)c1ccc(C)cc1)C(=O)OC(C)(C)C)NC(=O)OC(C)(C)C. The molecule has 1 rings (SSSR count). The third-order valence-corrected chi connectivity index (χ3v) is 6.66. The summed E-state index contributed by atoms with van der Waals surface area (Å²) in [6.45, 7) is 18.7. The zero-order valence-corrected chi connectivity index (χ0v) is 26.0. The van der Waals surface area contributed by atoms with Crippen LogP contribution < -0.4 is 5.32 Å². The van der Waals surface area contributed by atoms with Crippen molar-refractivity contribution in [2.75, 3.05) is 6.61 Å².